The molecule has 0 bridgehead atoms. The molecule has 0 aromatic heterocycles. The first-order valence-electron chi connectivity index (χ1n) is 10.5. The van der Waals surface area contributed by atoms with Gasteiger partial charge in [0, 0.05) is 23.6 Å². The van der Waals surface area contributed by atoms with E-state index in [0.717, 1.165) is 35.7 Å². The summed E-state index contributed by atoms with van der Waals surface area (Å²) in [4.78, 5) is 15.4. The molecule has 166 valence electrons. The Labute approximate surface area is 184 Å². The summed E-state index contributed by atoms with van der Waals surface area (Å²) in [6.07, 6.45) is 0.563. The fraction of sp³-hybridized carbons (Fsp3) is 0.417. The molecule has 0 aliphatic carbocycles. The standard InChI is InChI=1S/C24H31N3O4/c1-6-26(7-2)16-24(28)27-21(19-13-12-17(29-3)14-23(19)31-5)15-20(25-27)18-10-8-9-11-22(18)30-4/h8-14,21H,6-7,15-16H2,1-5H3. The van der Waals surface area contributed by atoms with E-state index in [9.17, 15) is 4.79 Å². The minimum Gasteiger partial charge on any atom is -0.497 e. The number of hydrazone groups is 1. The summed E-state index contributed by atoms with van der Waals surface area (Å²) in [6, 6.07) is 13.1. The quantitative estimate of drug-likeness (QED) is 0.613. The summed E-state index contributed by atoms with van der Waals surface area (Å²) in [7, 11) is 4.88. The number of ether oxygens (including phenoxy) is 3. The van der Waals surface area contributed by atoms with E-state index in [1.165, 1.54) is 0 Å². The predicted octanol–water partition coefficient (Wildman–Crippen LogP) is 3.73. The maximum atomic E-state index is 13.3. The molecule has 1 amide bonds. The lowest BCUT2D eigenvalue weighted by molar-refractivity contribution is -0.134. The molecule has 0 N–H and O–H groups in total. The average Bonchev–Trinajstić information content (AvgIpc) is 3.27. The van der Waals surface area contributed by atoms with Gasteiger partial charge in [-0.25, -0.2) is 5.01 Å². The third-order valence-electron chi connectivity index (χ3n) is 5.64. The SMILES string of the molecule is CCN(CC)CC(=O)N1N=C(c2ccccc2OC)CC1c1ccc(OC)cc1OC. The molecule has 0 fully saturated rings. The fourth-order valence-electron chi connectivity index (χ4n) is 3.83. The number of nitrogens with zero attached hydrogens (tertiary/aromatic N) is 3. The zero-order valence-electron chi connectivity index (χ0n) is 18.9. The van der Waals surface area contributed by atoms with E-state index in [1.807, 2.05) is 56.3 Å². The average molecular weight is 426 g/mol. The lowest BCUT2D eigenvalue weighted by atomic mass is 9.97. The maximum absolute atomic E-state index is 13.3. The van der Waals surface area contributed by atoms with Crippen molar-refractivity contribution >= 4 is 11.6 Å². The van der Waals surface area contributed by atoms with Crippen LogP contribution < -0.4 is 14.2 Å². The second-order valence-corrected chi connectivity index (χ2v) is 7.27. The van der Waals surface area contributed by atoms with Crippen molar-refractivity contribution in [2.24, 2.45) is 5.10 Å². The van der Waals surface area contributed by atoms with Gasteiger partial charge in [0.1, 0.15) is 17.2 Å². The van der Waals surface area contributed by atoms with Crippen LogP contribution in [0.3, 0.4) is 0 Å². The maximum Gasteiger partial charge on any atom is 0.257 e. The Balaban J connectivity index is 2.02. The van der Waals surface area contributed by atoms with E-state index in [4.69, 9.17) is 19.3 Å². The molecule has 1 aliphatic rings. The molecule has 0 saturated heterocycles. The van der Waals surface area contributed by atoms with Crippen molar-refractivity contribution in [2.45, 2.75) is 26.3 Å². The molecular weight excluding hydrogens is 394 g/mol. The predicted molar refractivity (Wildman–Crippen MR) is 121 cm³/mol. The Hall–Kier alpha value is -3.06. The Kier molecular flexibility index (Phi) is 7.52. The molecule has 7 heteroatoms. The molecule has 1 atom stereocenters. The van der Waals surface area contributed by atoms with Gasteiger partial charge in [-0.3, -0.25) is 9.69 Å². The van der Waals surface area contributed by atoms with Gasteiger partial charge in [0.2, 0.25) is 0 Å². The van der Waals surface area contributed by atoms with E-state index in [0.29, 0.717) is 24.5 Å². The van der Waals surface area contributed by atoms with E-state index in [2.05, 4.69) is 4.90 Å². The number of carbonyl (C=O) groups excluding carboxylic acids is 1. The van der Waals surface area contributed by atoms with Crippen molar-refractivity contribution in [3.8, 4) is 17.2 Å². The fourth-order valence-corrected chi connectivity index (χ4v) is 3.83. The second kappa shape index (κ2) is 10.3. The summed E-state index contributed by atoms with van der Waals surface area (Å²) in [5.41, 5.74) is 2.60. The van der Waals surface area contributed by atoms with Crippen LogP contribution in [-0.2, 0) is 4.79 Å². The number of carbonyl (C=O) groups is 1. The number of methoxy groups -OCH3 is 3. The zero-order valence-corrected chi connectivity index (χ0v) is 18.9. The van der Waals surface area contributed by atoms with Crippen molar-refractivity contribution < 1.29 is 19.0 Å². The molecule has 1 heterocycles. The molecule has 2 aromatic carbocycles. The van der Waals surface area contributed by atoms with Gasteiger partial charge in [-0.05, 0) is 37.4 Å². The molecule has 31 heavy (non-hydrogen) atoms. The summed E-state index contributed by atoms with van der Waals surface area (Å²) in [5.74, 6) is 2.06. The Morgan fingerprint density at radius 1 is 1.03 bits per heavy atom. The van der Waals surface area contributed by atoms with Gasteiger partial charge in [-0.2, -0.15) is 5.10 Å². The minimum atomic E-state index is -0.274. The first kappa shape index (κ1) is 22.6. The minimum absolute atomic E-state index is 0.0449. The molecule has 0 radical (unpaired) electrons. The Morgan fingerprint density at radius 3 is 2.39 bits per heavy atom. The van der Waals surface area contributed by atoms with Crippen LogP contribution in [0.5, 0.6) is 17.2 Å². The van der Waals surface area contributed by atoms with Crippen LogP contribution in [0.4, 0.5) is 0 Å². The van der Waals surface area contributed by atoms with Crippen molar-refractivity contribution in [1.82, 2.24) is 9.91 Å². The number of likely N-dealkylation sites (N-methyl/N-ethyl adjacent to an activating group) is 1. The highest BCUT2D eigenvalue weighted by molar-refractivity contribution is 6.05. The van der Waals surface area contributed by atoms with Crippen LogP contribution >= 0.6 is 0 Å². The molecule has 3 rings (SSSR count). The number of rotatable bonds is 9. The number of hydrogen-bond acceptors (Lipinski definition) is 6. The molecule has 0 saturated carbocycles. The second-order valence-electron chi connectivity index (χ2n) is 7.27. The van der Waals surface area contributed by atoms with E-state index in [-0.39, 0.29) is 11.9 Å². The molecule has 2 aromatic rings. The van der Waals surface area contributed by atoms with Gasteiger partial charge < -0.3 is 14.2 Å². The van der Waals surface area contributed by atoms with Gasteiger partial charge >= 0.3 is 0 Å². The van der Waals surface area contributed by atoms with Gasteiger partial charge in [0.15, 0.2) is 0 Å². The van der Waals surface area contributed by atoms with Gasteiger partial charge in [-0.1, -0.05) is 26.0 Å². The van der Waals surface area contributed by atoms with Crippen LogP contribution in [0.25, 0.3) is 0 Å². The van der Waals surface area contributed by atoms with Crippen LogP contribution in [0.2, 0.25) is 0 Å². The van der Waals surface area contributed by atoms with E-state index < -0.39 is 0 Å². The van der Waals surface area contributed by atoms with Crippen molar-refractivity contribution in [3.63, 3.8) is 0 Å². The number of para-hydroxylation sites is 1. The third kappa shape index (κ3) is 4.82. The smallest absolute Gasteiger partial charge is 0.257 e. The monoisotopic (exact) mass is 425 g/mol. The van der Waals surface area contributed by atoms with Crippen LogP contribution in [0.1, 0.15) is 37.4 Å². The van der Waals surface area contributed by atoms with Gasteiger partial charge in [0.25, 0.3) is 5.91 Å². The third-order valence-corrected chi connectivity index (χ3v) is 5.64. The van der Waals surface area contributed by atoms with Gasteiger partial charge in [0.05, 0.1) is 39.6 Å². The molecule has 1 aliphatic heterocycles. The Bertz CT molecular complexity index is 940. The number of benzene rings is 2. The normalized spacial score (nSPS) is 15.7. The summed E-state index contributed by atoms with van der Waals surface area (Å²) < 4.78 is 16.5. The number of hydrogen-bond donors (Lipinski definition) is 0. The summed E-state index contributed by atoms with van der Waals surface area (Å²) >= 11 is 0. The highest BCUT2D eigenvalue weighted by Crippen LogP contribution is 2.40. The summed E-state index contributed by atoms with van der Waals surface area (Å²) in [6.45, 7) is 6.01. The molecular formula is C24H31N3O4. The lowest BCUT2D eigenvalue weighted by Crippen LogP contribution is -2.38. The van der Waals surface area contributed by atoms with E-state index in [1.54, 1.807) is 26.3 Å². The first-order valence-corrected chi connectivity index (χ1v) is 10.5. The van der Waals surface area contributed by atoms with Crippen LogP contribution in [0.15, 0.2) is 47.6 Å². The van der Waals surface area contributed by atoms with E-state index >= 15 is 0 Å². The Morgan fingerprint density at radius 2 is 1.74 bits per heavy atom. The molecule has 7 nitrogen and oxygen atoms in total. The lowest BCUT2D eigenvalue weighted by Gasteiger charge is -2.26. The largest absolute Gasteiger partial charge is 0.497 e. The zero-order chi connectivity index (χ0) is 22.4. The van der Waals surface area contributed by atoms with Crippen LogP contribution in [-0.4, -0.2) is 62.5 Å². The van der Waals surface area contributed by atoms with Crippen molar-refractivity contribution in [3.05, 3.63) is 53.6 Å². The van der Waals surface area contributed by atoms with Crippen molar-refractivity contribution in [1.29, 1.82) is 0 Å². The molecule has 1 unspecified atom stereocenters. The highest BCUT2D eigenvalue weighted by Gasteiger charge is 2.36. The van der Waals surface area contributed by atoms with Gasteiger partial charge in [-0.15, -0.1) is 0 Å². The van der Waals surface area contributed by atoms with Crippen LogP contribution in [0, 0.1) is 0 Å². The highest BCUT2D eigenvalue weighted by atomic mass is 16.5. The summed E-state index contributed by atoms with van der Waals surface area (Å²) in [5, 5.41) is 6.37. The first-order chi connectivity index (χ1) is 15.1. The topological polar surface area (TPSA) is 63.6 Å². The molecule has 0 spiro atoms. The van der Waals surface area contributed by atoms with Crippen molar-refractivity contribution in [2.75, 3.05) is 41.0 Å². The number of amides is 1.